The van der Waals surface area contributed by atoms with Crippen LogP contribution in [0.3, 0.4) is 0 Å². The summed E-state index contributed by atoms with van der Waals surface area (Å²) in [6.45, 7) is 3.01. The van der Waals surface area contributed by atoms with Gasteiger partial charge in [-0.25, -0.2) is 8.42 Å². The van der Waals surface area contributed by atoms with E-state index in [1.54, 1.807) is 26.0 Å². The standard InChI is InChI=1S/C18H23ClN6O5S.CH4.FH/c1-11-4-3-5-13(19)16(11)31(28,29)24-14-7-6-12(2)25(17(14)27)10-15(26)22-8-9-30-23-18(20)21;;/h3-7,24H,8-10H2,1-2H3,(H,22,26)(H4,20,21,23);1H4;1H/i/hT. The Labute approximate surface area is 197 Å². The van der Waals surface area contributed by atoms with Gasteiger partial charge in [-0.2, -0.15) is 0 Å². The number of sulfonamides is 1. The quantitative estimate of drug-likeness (QED) is 0.169. The number of anilines is 1. The molecule has 0 saturated carbocycles. The lowest BCUT2D eigenvalue weighted by atomic mass is 10.2. The fourth-order valence-electron chi connectivity index (χ4n) is 2.65. The van der Waals surface area contributed by atoms with Crippen molar-refractivity contribution in [2.45, 2.75) is 32.7 Å². The molecule has 0 saturated heterocycles. The summed E-state index contributed by atoms with van der Waals surface area (Å²) < 4.78 is 42.0. The molecular weight excluding hydrogens is 479 g/mol. The van der Waals surface area contributed by atoms with E-state index in [0.29, 0.717) is 11.3 Å². The van der Waals surface area contributed by atoms with Gasteiger partial charge in [0.25, 0.3) is 17.0 Å². The number of guanidine groups is 1. The Morgan fingerprint density at radius 3 is 2.55 bits per heavy atom. The van der Waals surface area contributed by atoms with Crippen LogP contribution < -0.4 is 27.1 Å². The van der Waals surface area contributed by atoms with Crippen LogP contribution in [0.15, 0.2) is 45.2 Å². The lowest BCUT2D eigenvalue weighted by Crippen LogP contribution is -2.36. The lowest BCUT2D eigenvalue weighted by Gasteiger charge is -2.15. The molecule has 184 valence electrons. The zero-order chi connectivity index (χ0) is 25.2. The average molecular weight is 509 g/mol. The zero-order valence-corrected chi connectivity index (χ0v) is 18.8. The minimum atomic E-state index is -4.13. The van der Waals surface area contributed by atoms with Crippen LogP contribution in [0.2, 0.25) is 5.02 Å². The number of hydrogen-bond acceptors (Lipinski definition) is 6. The summed E-state index contributed by atoms with van der Waals surface area (Å²) in [6, 6.07) is 7.51. The third kappa shape index (κ3) is 7.95. The maximum Gasteiger partial charge on any atom is 0.275 e. The van der Waals surface area contributed by atoms with Crippen LogP contribution in [0.1, 0.15) is 18.7 Å². The first kappa shape index (κ1) is 27.7. The topological polar surface area (TPSA) is 171 Å². The largest absolute Gasteiger partial charge is 0.391 e. The summed E-state index contributed by atoms with van der Waals surface area (Å²) in [4.78, 5) is 29.6. The average Bonchev–Trinajstić information content (AvgIpc) is 2.74. The second-order valence-electron chi connectivity index (χ2n) is 6.47. The van der Waals surface area contributed by atoms with Gasteiger partial charge in [-0.1, -0.05) is 31.2 Å². The van der Waals surface area contributed by atoms with Crippen LogP contribution in [0, 0.1) is 13.8 Å². The summed E-state index contributed by atoms with van der Waals surface area (Å²) in [7, 11) is -4.13. The Bertz CT molecular complexity index is 1150. The Hall–Kier alpha value is -3.32. The molecule has 1 amide bonds. The Morgan fingerprint density at radius 1 is 1.27 bits per heavy atom. The first-order valence-corrected chi connectivity index (χ1v) is 10.8. The van der Waals surface area contributed by atoms with E-state index in [0.717, 1.165) is 4.57 Å². The number of nitrogens with zero attached hydrogens (tertiary/aromatic N) is 2. The fraction of sp³-hybridized carbons (Fsp3) is 0.316. The van der Waals surface area contributed by atoms with Gasteiger partial charge in [0, 0.05) is 5.69 Å². The van der Waals surface area contributed by atoms with Crippen LogP contribution >= 0.6 is 11.6 Å². The normalized spacial score (nSPS) is 10.5. The molecule has 0 aliphatic carbocycles. The van der Waals surface area contributed by atoms with E-state index in [4.69, 9.17) is 32.6 Å². The van der Waals surface area contributed by atoms with Crippen LogP contribution in [-0.2, 0) is 26.2 Å². The molecule has 6 N–H and O–H groups in total. The fourth-order valence-corrected chi connectivity index (χ4v) is 4.54. The van der Waals surface area contributed by atoms with Crippen molar-refractivity contribution in [2.75, 3.05) is 17.9 Å². The second-order valence-corrected chi connectivity index (χ2v) is 8.50. The number of halogens is 2. The first-order chi connectivity index (χ1) is 15.5. The van der Waals surface area contributed by atoms with Gasteiger partial charge in [-0.05, 0) is 42.8 Å². The van der Waals surface area contributed by atoms with E-state index in [1.807, 2.05) is 0 Å². The van der Waals surface area contributed by atoms with Crippen molar-refractivity contribution >= 4 is 39.2 Å². The Morgan fingerprint density at radius 2 is 1.94 bits per heavy atom. The van der Waals surface area contributed by atoms with Crippen molar-refractivity contribution < 1.29 is 22.8 Å². The first-order valence-electron chi connectivity index (χ1n) is 9.36. The van der Waals surface area contributed by atoms with Crippen molar-refractivity contribution in [2.24, 2.45) is 16.6 Å². The smallest absolute Gasteiger partial charge is 0.275 e. The van der Waals surface area contributed by atoms with Crippen molar-refractivity contribution in [1.29, 1.82) is 1.45 Å². The monoisotopic (exact) mass is 508 g/mol. The van der Waals surface area contributed by atoms with Gasteiger partial charge in [0.2, 0.25) is 11.9 Å². The van der Waals surface area contributed by atoms with E-state index in [2.05, 4.69) is 16.6 Å². The molecule has 11 nitrogen and oxygen atoms in total. The highest BCUT2D eigenvalue weighted by Gasteiger charge is 2.22. The van der Waals surface area contributed by atoms with Crippen LogP contribution in [0.25, 0.3) is 0 Å². The van der Waals surface area contributed by atoms with Gasteiger partial charge in [0.15, 0.2) is 0 Å². The highest BCUT2D eigenvalue weighted by Crippen LogP contribution is 2.26. The van der Waals surface area contributed by atoms with Crippen LogP contribution in [-0.4, -0.2) is 39.5 Å². The predicted molar refractivity (Wildman–Crippen MR) is 126 cm³/mol. The summed E-state index contributed by atoms with van der Waals surface area (Å²) >= 11 is 6.05. The van der Waals surface area contributed by atoms with Gasteiger partial charge >= 0.3 is 0 Å². The number of carbonyl (C=O) groups excluding carboxylic acids is 1. The Kier molecular flexibility index (Phi) is 10.6. The summed E-state index contributed by atoms with van der Waals surface area (Å²) in [5, 5.41) is 5.87. The molecule has 0 unspecified atom stereocenters. The van der Waals surface area contributed by atoms with E-state index < -0.39 is 21.5 Å². The maximum atomic E-state index is 12.8. The maximum absolute atomic E-state index is 12.8. The second kappa shape index (κ2) is 12.6. The number of rotatable bonds is 9. The number of nitrogens with two attached hydrogens (primary N) is 2. The van der Waals surface area contributed by atoms with Gasteiger partial charge in [0.1, 0.15) is 23.7 Å². The highest BCUT2D eigenvalue weighted by molar-refractivity contribution is 7.92. The summed E-state index contributed by atoms with van der Waals surface area (Å²) in [6.07, 6.45) is 0. The predicted octanol–water partition coefficient (Wildman–Crippen LogP) is 1.03. The number of carbonyl (C=O) groups is 1. The molecule has 0 atom stereocenters. The molecule has 1 aromatic heterocycles. The van der Waals surface area contributed by atoms with Crippen molar-refractivity contribution in [3.63, 3.8) is 0 Å². The summed E-state index contributed by atoms with van der Waals surface area (Å²) in [5.41, 5.74) is 10.2. The molecule has 2 aromatic rings. The Balaban J connectivity index is 0.00000353. The van der Waals surface area contributed by atoms with E-state index in [1.165, 1.54) is 18.2 Å². The van der Waals surface area contributed by atoms with Crippen molar-refractivity contribution in [3.05, 3.63) is 57.0 Å². The number of hydrogen-bond donors (Lipinski definition) is 4. The van der Waals surface area contributed by atoms with Gasteiger partial charge in [-0.15, -0.1) is 0 Å². The molecule has 0 bridgehead atoms. The lowest BCUT2D eigenvalue weighted by molar-refractivity contribution is -0.122. The molecule has 0 fully saturated rings. The van der Waals surface area contributed by atoms with Crippen molar-refractivity contribution in [1.82, 2.24) is 9.88 Å². The molecule has 2 rings (SSSR count). The minimum absolute atomic E-state index is 0. The molecule has 0 aliphatic heterocycles. The third-order valence-electron chi connectivity index (χ3n) is 4.06. The number of aryl methyl sites for hydroxylation is 2. The SMILES string of the molecule is C.Cc1cccc(Cl)c1S(=O)(=O)Nc1ccc(C)n(CC(=O)NCCON=C(N)N)c1=O.[3H]F. The number of nitrogens with one attached hydrogen (secondary N) is 2. The molecular formula is C19H28ClFN6O5S. The number of oxime groups is 1. The highest BCUT2D eigenvalue weighted by atomic mass is 35.5. The van der Waals surface area contributed by atoms with Gasteiger partial charge in [0.05, 0.1) is 11.6 Å². The molecule has 0 spiro atoms. The minimum Gasteiger partial charge on any atom is -0.391 e. The zero-order valence-electron chi connectivity index (χ0n) is 18.3. The molecule has 1 aromatic carbocycles. The number of aromatic nitrogens is 1. The molecule has 0 aliphatic rings. The molecule has 14 heteroatoms. The molecule has 33 heavy (non-hydrogen) atoms. The number of pyridine rings is 1. The van der Waals surface area contributed by atoms with E-state index in [-0.39, 0.29) is 48.7 Å². The third-order valence-corrected chi connectivity index (χ3v) is 6.05. The van der Waals surface area contributed by atoms with E-state index >= 15 is 0 Å². The molecule has 1 heterocycles. The molecule has 0 radical (unpaired) electrons. The van der Waals surface area contributed by atoms with Crippen LogP contribution in [0.4, 0.5) is 10.4 Å². The summed E-state index contributed by atoms with van der Waals surface area (Å²) in [5.74, 6) is -0.736. The number of amides is 1. The van der Waals surface area contributed by atoms with Gasteiger partial charge < -0.3 is 26.2 Å². The van der Waals surface area contributed by atoms with E-state index in [9.17, 15) is 18.0 Å². The van der Waals surface area contributed by atoms with Crippen LogP contribution in [0.5, 0.6) is 0 Å². The number of benzene rings is 1. The van der Waals surface area contributed by atoms with Crippen molar-refractivity contribution in [3.8, 4) is 0 Å². The van der Waals surface area contributed by atoms with Gasteiger partial charge in [-0.3, -0.25) is 19.0 Å².